The third-order valence-electron chi connectivity index (χ3n) is 2.77. The average Bonchev–Trinajstić information content (AvgIpc) is 2.32. The van der Waals surface area contributed by atoms with Crippen LogP contribution in [-0.2, 0) is 27.3 Å². The Labute approximate surface area is 426 Å². The number of phosphoric acid groups is 3. The van der Waals surface area contributed by atoms with Gasteiger partial charge in [-0.3, -0.25) is 0 Å². The second kappa shape index (κ2) is 23.5. The Balaban J connectivity index is -0.000000240. The van der Waals surface area contributed by atoms with Gasteiger partial charge in [-0.25, -0.2) is 0 Å². The van der Waals surface area contributed by atoms with Crippen molar-refractivity contribution >= 4 is 23.5 Å². The van der Waals surface area contributed by atoms with Crippen LogP contribution in [0.3, 0.4) is 0 Å². The van der Waals surface area contributed by atoms with E-state index in [1.165, 1.54) is 0 Å². The molecule has 1 aliphatic carbocycles. The summed E-state index contributed by atoms with van der Waals surface area (Å²) in [6, 6.07) is 0. The number of rotatable bonds is 6. The van der Waals surface area contributed by atoms with Gasteiger partial charge in [-0.05, 0) is 0 Å². The zero-order valence-corrected chi connectivity index (χ0v) is 38.5. The van der Waals surface area contributed by atoms with Crippen LogP contribution < -0.4 is 338 Å². The molecule has 0 bridgehead atoms. The molecule has 1 rings (SSSR count). The molecule has 1 fully saturated rings. The molecule has 24 heteroatoms. The van der Waals surface area contributed by atoms with Crippen molar-refractivity contribution in [3.8, 4) is 0 Å². The Morgan fingerprint density at radius 2 is 0.667 bits per heavy atom. The van der Waals surface area contributed by atoms with E-state index < -0.39 is 60.1 Å². The van der Waals surface area contributed by atoms with Gasteiger partial charge in [-0.1, -0.05) is 0 Å². The average molecular weight is 649 g/mol. The molecule has 0 heterocycles. The van der Waals surface area contributed by atoms with E-state index in [1.54, 1.807) is 0 Å². The summed E-state index contributed by atoms with van der Waals surface area (Å²) in [7, 11) is -17.9. The fraction of sp³-hybridized carbons (Fsp3) is 1.00. The van der Waals surface area contributed by atoms with Crippen LogP contribution in [0.2, 0.25) is 0 Å². The third-order valence-corrected chi connectivity index (χ3v) is 4.28. The van der Waals surface area contributed by atoms with Crippen LogP contribution in [0.15, 0.2) is 0 Å². The number of hydrogen-bond donors (Lipinski definition) is 3. The summed E-state index contributed by atoms with van der Waals surface area (Å²) >= 11 is 0. The zero-order chi connectivity index (χ0) is 19.1. The second-order valence-electron chi connectivity index (χ2n) is 4.52. The van der Waals surface area contributed by atoms with Crippen molar-refractivity contribution in [3.63, 3.8) is 0 Å². The molecule has 3 N–H and O–H groups in total. The van der Waals surface area contributed by atoms with Crippen molar-refractivity contribution in [2.24, 2.45) is 0 Å². The number of aliphatic hydroxyl groups excluding tert-OH is 3. The normalized spacial score (nSPS) is 28.7. The SMILES string of the molecule is O=P([O-])([O-])O[C@@H]1[C@H](O)[C@H](O)[C@@H](OP(=O)([O-])[O-])[C@H](OP(=O)([O-])[O-])[C@H]1O.[K+].[K+].[K+].[K+].[K+].[K+]. The first kappa shape index (κ1) is 52.7. The van der Waals surface area contributed by atoms with E-state index in [-0.39, 0.29) is 308 Å². The molecule has 6 atom stereocenters. The van der Waals surface area contributed by atoms with E-state index in [1.807, 2.05) is 0 Å². The van der Waals surface area contributed by atoms with E-state index in [2.05, 4.69) is 13.6 Å². The number of hydrogen-bond acceptors (Lipinski definition) is 15. The van der Waals surface area contributed by atoms with Gasteiger partial charge in [0.05, 0.1) is 23.5 Å². The fourth-order valence-electron chi connectivity index (χ4n) is 1.98. The quantitative estimate of drug-likeness (QED) is 0.178. The molecule has 0 radical (unpaired) electrons. The number of phosphoric ester groups is 3. The Kier molecular flexibility index (Phi) is 41.2. The Hall–Kier alpha value is 10.0. The van der Waals surface area contributed by atoms with Crippen LogP contribution in [0.1, 0.15) is 0 Å². The van der Waals surface area contributed by atoms with Crippen LogP contribution in [0.25, 0.3) is 0 Å². The summed E-state index contributed by atoms with van der Waals surface area (Å²) in [5.41, 5.74) is 0. The topological polar surface area (TPSA) is 278 Å². The van der Waals surface area contributed by atoms with Gasteiger partial charge in [0.15, 0.2) is 0 Å². The van der Waals surface area contributed by atoms with E-state index in [0.717, 1.165) is 0 Å². The molecular weight excluding hydrogens is 640 g/mol. The van der Waals surface area contributed by atoms with Gasteiger partial charge in [0.1, 0.15) is 36.6 Å². The maximum atomic E-state index is 10.6. The van der Waals surface area contributed by atoms with Gasteiger partial charge in [-0.15, -0.1) is 0 Å². The first-order chi connectivity index (χ1) is 10.5. The summed E-state index contributed by atoms with van der Waals surface area (Å²) in [6.45, 7) is 0. The standard InChI is InChI=1S/C6H15O15P3.6K/c7-1-2(8)5(20-23(13,14)15)6(21-24(16,17)18)3(9)4(1)19-22(10,11)12;;;;;;/h1-9H,(H2,10,11,12)(H2,13,14,15)(H2,16,17,18);;;;;;/q;6*+1/p-6/t1-,2+,3+,4-,5-,6-;;;;;;/m1....../s1. The molecule has 0 spiro atoms. The third kappa shape index (κ3) is 21.7. The van der Waals surface area contributed by atoms with Crippen molar-refractivity contribution in [3.05, 3.63) is 0 Å². The molecule has 1 saturated carbocycles. The van der Waals surface area contributed by atoms with Crippen LogP contribution in [-0.4, -0.2) is 51.9 Å². The summed E-state index contributed by atoms with van der Waals surface area (Å²) in [5, 5.41) is 28.9. The molecule has 0 aliphatic heterocycles. The minimum Gasteiger partial charge on any atom is -0.790 e. The van der Waals surface area contributed by atoms with E-state index in [4.69, 9.17) is 0 Å². The summed E-state index contributed by atoms with van der Waals surface area (Å²) in [4.78, 5) is 63.6. The van der Waals surface area contributed by atoms with E-state index in [0.29, 0.717) is 0 Å². The second-order valence-corrected chi connectivity index (χ2v) is 7.84. The van der Waals surface area contributed by atoms with Crippen molar-refractivity contribution in [2.75, 3.05) is 0 Å². The van der Waals surface area contributed by atoms with Gasteiger partial charge in [0, 0.05) is 0 Å². The maximum Gasteiger partial charge on any atom is 1.00 e. The van der Waals surface area contributed by atoms with Gasteiger partial charge >= 0.3 is 308 Å². The van der Waals surface area contributed by atoms with Crippen LogP contribution in [0.5, 0.6) is 0 Å². The predicted octanol–water partition coefficient (Wildman–Crippen LogP) is -25.3. The molecule has 0 amide bonds. The van der Waals surface area contributed by atoms with Gasteiger partial charge < -0.3 is 71.9 Å². The number of aliphatic hydroxyl groups is 3. The minimum absolute atomic E-state index is 0. The molecule has 15 nitrogen and oxygen atoms in total. The van der Waals surface area contributed by atoms with Gasteiger partial charge in [-0.2, -0.15) is 0 Å². The molecule has 1 aliphatic rings. The molecule has 30 heavy (non-hydrogen) atoms. The Morgan fingerprint density at radius 3 is 0.933 bits per heavy atom. The monoisotopic (exact) mass is 648 g/mol. The zero-order valence-electron chi connectivity index (χ0n) is 17.0. The fourth-order valence-corrected chi connectivity index (χ4v) is 3.62. The molecule has 0 saturated heterocycles. The van der Waals surface area contributed by atoms with Gasteiger partial charge in [0.2, 0.25) is 0 Å². The van der Waals surface area contributed by atoms with Crippen molar-refractivity contribution in [1.82, 2.24) is 0 Å². The van der Waals surface area contributed by atoms with Crippen molar-refractivity contribution < 1.29 is 380 Å². The van der Waals surface area contributed by atoms with Crippen molar-refractivity contribution in [2.45, 2.75) is 36.6 Å². The molecular formula is C6H9K6O15P3. The van der Waals surface area contributed by atoms with Gasteiger partial charge in [0.25, 0.3) is 0 Å². The van der Waals surface area contributed by atoms with E-state index >= 15 is 0 Å². The first-order valence-corrected chi connectivity index (χ1v) is 10.1. The largest absolute Gasteiger partial charge is 1.00 e. The Morgan fingerprint density at radius 1 is 0.467 bits per heavy atom. The summed E-state index contributed by atoms with van der Waals surface area (Å²) in [5.74, 6) is 0. The first-order valence-electron chi connectivity index (χ1n) is 5.67. The Bertz CT molecular complexity index is 595. The van der Waals surface area contributed by atoms with Crippen molar-refractivity contribution in [1.29, 1.82) is 0 Å². The molecule has 0 aromatic carbocycles. The minimum atomic E-state index is -6.01. The predicted molar refractivity (Wildman–Crippen MR) is 55.5 cm³/mol. The summed E-state index contributed by atoms with van der Waals surface area (Å²) in [6.07, 6.45) is -15.7. The molecule has 0 aromatic rings. The van der Waals surface area contributed by atoms with E-state index in [9.17, 15) is 58.4 Å². The molecule has 0 aromatic heterocycles. The summed E-state index contributed by atoms with van der Waals surface area (Å²) < 4.78 is 43.0. The smallest absolute Gasteiger partial charge is 0.790 e. The molecule has 0 unspecified atom stereocenters. The van der Waals surface area contributed by atoms with Crippen LogP contribution >= 0.6 is 23.5 Å². The molecule has 144 valence electrons. The van der Waals surface area contributed by atoms with Crippen LogP contribution in [0.4, 0.5) is 0 Å². The maximum absolute atomic E-state index is 10.6. The van der Waals surface area contributed by atoms with Crippen LogP contribution in [0, 0.1) is 0 Å².